The Kier molecular flexibility index (Phi) is 4.40. The lowest BCUT2D eigenvalue weighted by atomic mass is 10.1. The molecule has 1 N–H and O–H groups in total. The van der Waals surface area contributed by atoms with E-state index in [0.29, 0.717) is 13.0 Å². The van der Waals surface area contributed by atoms with Gasteiger partial charge in [0.15, 0.2) is 0 Å². The minimum atomic E-state index is 0.0327. The van der Waals surface area contributed by atoms with E-state index < -0.39 is 0 Å². The monoisotopic (exact) mass is 273 g/mol. The average molecular weight is 273 g/mol. The summed E-state index contributed by atoms with van der Waals surface area (Å²) in [6.07, 6.45) is 3.75. The van der Waals surface area contributed by atoms with Crippen LogP contribution in [0.3, 0.4) is 0 Å². The molecule has 5 nitrogen and oxygen atoms in total. The second-order valence-electron chi connectivity index (χ2n) is 4.78. The number of carbonyl (C=O) groups is 1. The summed E-state index contributed by atoms with van der Waals surface area (Å²) in [4.78, 5) is 21.0. The Morgan fingerprint density at radius 2 is 2.25 bits per heavy atom. The first kappa shape index (κ1) is 14.1. The highest BCUT2D eigenvalue weighted by Gasteiger charge is 2.14. The summed E-state index contributed by atoms with van der Waals surface area (Å²) >= 11 is 0. The van der Waals surface area contributed by atoms with Crippen molar-refractivity contribution in [3.05, 3.63) is 47.5 Å². The molecule has 1 aromatic heterocycles. The Hall–Kier alpha value is -2.30. The molecule has 0 aliphatic heterocycles. The summed E-state index contributed by atoms with van der Waals surface area (Å²) in [6.45, 7) is 2.47. The van der Waals surface area contributed by atoms with Gasteiger partial charge in [-0.15, -0.1) is 0 Å². The molecule has 0 saturated heterocycles. The minimum absolute atomic E-state index is 0.0327. The lowest BCUT2D eigenvalue weighted by molar-refractivity contribution is -0.129. The quantitative estimate of drug-likeness (QED) is 0.905. The molecule has 1 amide bonds. The number of rotatable bonds is 5. The van der Waals surface area contributed by atoms with E-state index in [9.17, 15) is 4.79 Å². The molecule has 1 aromatic carbocycles. The van der Waals surface area contributed by atoms with E-state index in [2.05, 4.69) is 9.97 Å². The zero-order valence-corrected chi connectivity index (χ0v) is 12.0. The summed E-state index contributed by atoms with van der Waals surface area (Å²) in [5, 5.41) is 0. The fourth-order valence-corrected chi connectivity index (χ4v) is 2.04. The fourth-order valence-electron chi connectivity index (χ4n) is 2.04. The zero-order chi connectivity index (χ0) is 14.5. The Bertz CT molecular complexity index is 579. The van der Waals surface area contributed by atoms with Gasteiger partial charge in [0.2, 0.25) is 5.91 Å². The fraction of sp³-hybridized carbons (Fsp3) is 0.333. The van der Waals surface area contributed by atoms with Crippen LogP contribution in [0.15, 0.2) is 30.6 Å². The van der Waals surface area contributed by atoms with E-state index >= 15 is 0 Å². The van der Waals surface area contributed by atoms with Crippen molar-refractivity contribution in [2.24, 2.45) is 0 Å². The van der Waals surface area contributed by atoms with E-state index in [4.69, 9.17) is 4.74 Å². The molecule has 0 aliphatic rings. The number of ether oxygens (including phenoxy) is 1. The Balaban J connectivity index is 2.05. The largest absolute Gasteiger partial charge is 0.496 e. The number of likely N-dealkylation sites (N-methyl/N-ethyl adjacent to an activating group) is 1. The number of methoxy groups -OCH3 is 1. The molecule has 5 heteroatoms. The first-order valence-electron chi connectivity index (χ1n) is 6.46. The van der Waals surface area contributed by atoms with Crippen molar-refractivity contribution >= 4 is 5.91 Å². The van der Waals surface area contributed by atoms with Gasteiger partial charge >= 0.3 is 0 Å². The summed E-state index contributed by atoms with van der Waals surface area (Å²) in [5.41, 5.74) is 2.02. The molecule has 0 atom stereocenters. The second-order valence-corrected chi connectivity index (χ2v) is 4.78. The van der Waals surface area contributed by atoms with Crippen LogP contribution in [-0.4, -0.2) is 34.9 Å². The van der Waals surface area contributed by atoms with E-state index in [-0.39, 0.29) is 5.91 Å². The molecule has 0 aliphatic carbocycles. The molecule has 0 unspecified atom stereocenters. The third kappa shape index (κ3) is 3.38. The minimum Gasteiger partial charge on any atom is -0.496 e. The van der Waals surface area contributed by atoms with Gasteiger partial charge in [-0.3, -0.25) is 4.79 Å². The molecular formula is C15H19N3O2. The topological polar surface area (TPSA) is 58.2 Å². The Labute approximate surface area is 118 Å². The van der Waals surface area contributed by atoms with Gasteiger partial charge < -0.3 is 14.6 Å². The number of carbonyl (C=O) groups excluding carboxylic acids is 1. The van der Waals surface area contributed by atoms with Gasteiger partial charge in [-0.05, 0) is 13.0 Å². The summed E-state index contributed by atoms with van der Waals surface area (Å²) < 4.78 is 5.30. The highest BCUT2D eigenvalue weighted by molar-refractivity contribution is 5.79. The average Bonchev–Trinajstić information content (AvgIpc) is 2.91. The van der Waals surface area contributed by atoms with Crippen molar-refractivity contribution < 1.29 is 9.53 Å². The van der Waals surface area contributed by atoms with Crippen LogP contribution >= 0.6 is 0 Å². The van der Waals surface area contributed by atoms with Crippen LogP contribution in [0.25, 0.3) is 0 Å². The predicted octanol–water partition coefficient (Wildman–Crippen LogP) is 1.93. The van der Waals surface area contributed by atoms with Crippen molar-refractivity contribution in [3.63, 3.8) is 0 Å². The first-order chi connectivity index (χ1) is 9.60. The number of hydrogen-bond donors (Lipinski definition) is 1. The number of hydrogen-bond acceptors (Lipinski definition) is 3. The van der Waals surface area contributed by atoms with Crippen molar-refractivity contribution in [2.45, 2.75) is 19.9 Å². The van der Waals surface area contributed by atoms with Crippen LogP contribution in [-0.2, 0) is 17.8 Å². The molecule has 1 heterocycles. The number of nitrogens with zero attached hydrogens (tertiary/aromatic N) is 2. The third-order valence-corrected chi connectivity index (χ3v) is 3.15. The second kappa shape index (κ2) is 6.23. The van der Waals surface area contributed by atoms with E-state index in [1.165, 1.54) is 0 Å². The number of aromatic amines is 1. The van der Waals surface area contributed by atoms with E-state index in [1.54, 1.807) is 31.5 Å². The zero-order valence-electron chi connectivity index (χ0n) is 12.0. The number of nitrogens with one attached hydrogen (secondary N) is 1. The van der Waals surface area contributed by atoms with Gasteiger partial charge in [0.05, 0.1) is 20.1 Å². The van der Waals surface area contributed by atoms with Crippen LogP contribution in [0.2, 0.25) is 0 Å². The van der Waals surface area contributed by atoms with Crippen molar-refractivity contribution in [1.82, 2.24) is 14.9 Å². The molecule has 0 fully saturated rings. The third-order valence-electron chi connectivity index (χ3n) is 3.15. The number of aromatic nitrogens is 2. The lowest BCUT2D eigenvalue weighted by Crippen LogP contribution is -2.28. The van der Waals surface area contributed by atoms with Gasteiger partial charge in [0.1, 0.15) is 11.6 Å². The summed E-state index contributed by atoms with van der Waals surface area (Å²) in [6, 6.07) is 5.85. The molecule has 0 saturated carbocycles. The van der Waals surface area contributed by atoms with Crippen molar-refractivity contribution in [2.75, 3.05) is 14.2 Å². The van der Waals surface area contributed by atoms with E-state index in [1.807, 2.05) is 25.1 Å². The van der Waals surface area contributed by atoms with Crippen LogP contribution < -0.4 is 4.74 Å². The number of H-pyrrole nitrogens is 1. The maximum absolute atomic E-state index is 12.2. The van der Waals surface area contributed by atoms with Crippen molar-refractivity contribution in [1.29, 1.82) is 0 Å². The van der Waals surface area contributed by atoms with Crippen LogP contribution in [0.5, 0.6) is 5.75 Å². The van der Waals surface area contributed by atoms with Gasteiger partial charge in [0, 0.05) is 25.0 Å². The van der Waals surface area contributed by atoms with Gasteiger partial charge in [-0.1, -0.05) is 17.7 Å². The van der Waals surface area contributed by atoms with E-state index in [0.717, 1.165) is 22.7 Å². The molecule has 0 spiro atoms. The number of aryl methyl sites for hydroxylation is 1. The van der Waals surface area contributed by atoms with Crippen LogP contribution in [0.1, 0.15) is 17.0 Å². The summed E-state index contributed by atoms with van der Waals surface area (Å²) in [7, 11) is 3.39. The smallest absolute Gasteiger partial charge is 0.227 e. The number of imidazole rings is 1. The molecule has 106 valence electrons. The highest BCUT2D eigenvalue weighted by Crippen LogP contribution is 2.20. The lowest BCUT2D eigenvalue weighted by Gasteiger charge is -2.17. The SMILES string of the molecule is COc1ccc(C)cc1CC(=O)N(C)Cc1ncc[nH]1. The molecule has 2 aromatic rings. The molecule has 20 heavy (non-hydrogen) atoms. The van der Waals surface area contributed by atoms with Gasteiger partial charge in [-0.2, -0.15) is 0 Å². The van der Waals surface area contributed by atoms with Crippen LogP contribution in [0.4, 0.5) is 0 Å². The molecule has 0 radical (unpaired) electrons. The Morgan fingerprint density at radius 3 is 2.90 bits per heavy atom. The maximum Gasteiger partial charge on any atom is 0.227 e. The molecule has 0 bridgehead atoms. The Morgan fingerprint density at radius 1 is 1.45 bits per heavy atom. The predicted molar refractivity (Wildman–Crippen MR) is 76.5 cm³/mol. The maximum atomic E-state index is 12.2. The summed E-state index contributed by atoms with van der Waals surface area (Å²) in [5.74, 6) is 1.55. The first-order valence-corrected chi connectivity index (χ1v) is 6.46. The van der Waals surface area contributed by atoms with Crippen LogP contribution in [0, 0.1) is 6.92 Å². The van der Waals surface area contributed by atoms with Crippen molar-refractivity contribution in [3.8, 4) is 5.75 Å². The molecule has 2 rings (SSSR count). The highest BCUT2D eigenvalue weighted by atomic mass is 16.5. The standard InChI is InChI=1S/C15H19N3O2/c1-11-4-5-13(20-3)12(8-11)9-15(19)18(2)10-14-16-6-7-17-14/h4-8H,9-10H2,1-3H3,(H,16,17). The van der Waals surface area contributed by atoms with Gasteiger partial charge in [-0.25, -0.2) is 4.98 Å². The van der Waals surface area contributed by atoms with Gasteiger partial charge in [0.25, 0.3) is 0 Å². The normalized spacial score (nSPS) is 10.3. The number of benzene rings is 1. The number of amides is 1. The molecular weight excluding hydrogens is 254 g/mol.